The average molecular weight is 247 g/mol. The van der Waals surface area contributed by atoms with E-state index in [9.17, 15) is 0 Å². The maximum absolute atomic E-state index is 5.73. The summed E-state index contributed by atoms with van der Waals surface area (Å²) in [4.78, 5) is 3.51. The predicted molar refractivity (Wildman–Crippen MR) is 77.8 cm³/mol. The predicted octanol–water partition coefficient (Wildman–Crippen LogP) is 3.59. The van der Waals surface area contributed by atoms with Crippen LogP contribution in [0.3, 0.4) is 0 Å². The first-order chi connectivity index (χ1) is 8.04. The van der Waals surface area contributed by atoms with Crippen LogP contribution in [0.1, 0.15) is 37.3 Å². The van der Waals surface area contributed by atoms with Crippen LogP contribution >= 0.6 is 12.2 Å². The lowest BCUT2D eigenvalue weighted by Crippen LogP contribution is -2.52. The number of likely N-dealkylation sites (N-methyl/N-ethyl adjacent to an activating group) is 1. The third kappa shape index (κ3) is 2.43. The lowest BCUT2D eigenvalue weighted by atomic mass is 9.83. The molecule has 1 aromatic rings. The summed E-state index contributed by atoms with van der Waals surface area (Å²) >= 11 is 5.73. The van der Waals surface area contributed by atoms with Crippen molar-refractivity contribution >= 4 is 17.1 Å². The van der Waals surface area contributed by atoms with Gasteiger partial charge in [-0.1, -0.05) is 42.0 Å². The summed E-state index contributed by atoms with van der Waals surface area (Å²) < 4.78 is 0. The minimum Gasteiger partial charge on any atom is -0.296 e. The Balaban J connectivity index is 2.26. The van der Waals surface area contributed by atoms with Gasteiger partial charge >= 0.3 is 0 Å². The first kappa shape index (κ1) is 12.7. The zero-order valence-corrected chi connectivity index (χ0v) is 11.8. The topological polar surface area (TPSA) is 3.24 Å². The fourth-order valence-corrected chi connectivity index (χ4v) is 2.95. The van der Waals surface area contributed by atoms with Crippen LogP contribution in [0.2, 0.25) is 0 Å². The van der Waals surface area contributed by atoms with Crippen LogP contribution in [0.4, 0.5) is 0 Å². The van der Waals surface area contributed by atoms with Crippen molar-refractivity contribution in [3.63, 3.8) is 0 Å². The van der Waals surface area contributed by atoms with Crippen molar-refractivity contribution in [1.29, 1.82) is 0 Å². The second-order valence-corrected chi connectivity index (χ2v) is 5.76. The Morgan fingerprint density at radius 3 is 2.47 bits per heavy atom. The molecule has 1 nitrogen and oxygen atoms in total. The van der Waals surface area contributed by atoms with E-state index in [2.05, 4.69) is 50.1 Å². The molecule has 1 atom stereocenters. The third-order valence-electron chi connectivity index (χ3n) is 4.05. The van der Waals surface area contributed by atoms with E-state index in [1.54, 1.807) is 0 Å². The quantitative estimate of drug-likeness (QED) is 0.580. The Morgan fingerprint density at radius 2 is 1.88 bits per heavy atom. The molecule has 1 heterocycles. The highest BCUT2D eigenvalue weighted by Gasteiger charge is 2.36. The van der Waals surface area contributed by atoms with E-state index in [0.717, 1.165) is 11.4 Å². The highest BCUT2D eigenvalue weighted by atomic mass is 32.1. The van der Waals surface area contributed by atoms with Gasteiger partial charge in [0.1, 0.15) is 0 Å². The van der Waals surface area contributed by atoms with Gasteiger partial charge in [-0.3, -0.25) is 4.90 Å². The number of hydrogen-bond donors (Lipinski definition) is 0. The molecule has 92 valence electrons. The number of likely N-dealkylation sites (tertiary alicyclic amines) is 1. The van der Waals surface area contributed by atoms with Crippen molar-refractivity contribution in [2.24, 2.45) is 0 Å². The van der Waals surface area contributed by atoms with Crippen molar-refractivity contribution in [3.8, 4) is 0 Å². The van der Waals surface area contributed by atoms with Crippen molar-refractivity contribution in [2.75, 3.05) is 13.6 Å². The molecule has 0 N–H and O–H groups in total. The first-order valence-electron chi connectivity index (χ1n) is 6.37. The fourth-order valence-electron chi connectivity index (χ4n) is 2.56. The standard InChI is InChI=1S/C15H21NS/c1-12-6-8-13(9-7-12)14(17)15(2)10-4-5-11-16(15)3/h6-9H,4-5,10-11H2,1-3H3. The summed E-state index contributed by atoms with van der Waals surface area (Å²) in [6.07, 6.45) is 3.76. The molecule has 0 spiro atoms. The van der Waals surface area contributed by atoms with E-state index in [-0.39, 0.29) is 5.54 Å². The zero-order valence-electron chi connectivity index (χ0n) is 11.0. The molecule has 1 saturated heterocycles. The molecule has 1 fully saturated rings. The smallest absolute Gasteiger partial charge is 0.0537 e. The summed E-state index contributed by atoms with van der Waals surface area (Å²) in [6.45, 7) is 5.55. The molecule has 17 heavy (non-hydrogen) atoms. The summed E-state index contributed by atoms with van der Waals surface area (Å²) in [6, 6.07) is 8.61. The fraction of sp³-hybridized carbons (Fsp3) is 0.533. The average Bonchev–Trinajstić information content (AvgIpc) is 2.33. The van der Waals surface area contributed by atoms with Gasteiger partial charge in [0, 0.05) is 4.86 Å². The molecular formula is C15H21NS. The summed E-state index contributed by atoms with van der Waals surface area (Å²) in [5.74, 6) is 0. The molecule has 0 bridgehead atoms. The van der Waals surface area contributed by atoms with Crippen LogP contribution in [-0.4, -0.2) is 28.9 Å². The minimum atomic E-state index is 0.0584. The van der Waals surface area contributed by atoms with Gasteiger partial charge in [-0.05, 0) is 52.3 Å². The third-order valence-corrected chi connectivity index (χ3v) is 4.73. The molecule has 0 aliphatic carbocycles. The van der Waals surface area contributed by atoms with E-state index in [1.807, 2.05) is 0 Å². The maximum atomic E-state index is 5.73. The van der Waals surface area contributed by atoms with Gasteiger partial charge in [-0.2, -0.15) is 0 Å². The number of benzene rings is 1. The number of nitrogens with zero attached hydrogens (tertiary/aromatic N) is 1. The Hall–Kier alpha value is -0.730. The van der Waals surface area contributed by atoms with E-state index in [0.29, 0.717) is 0 Å². The van der Waals surface area contributed by atoms with Gasteiger partial charge in [0.05, 0.1) is 5.54 Å². The van der Waals surface area contributed by atoms with Crippen LogP contribution in [0, 0.1) is 6.92 Å². The Kier molecular flexibility index (Phi) is 3.64. The zero-order chi connectivity index (χ0) is 12.5. The first-order valence-corrected chi connectivity index (χ1v) is 6.77. The monoisotopic (exact) mass is 247 g/mol. The SMILES string of the molecule is Cc1ccc(C(=S)C2(C)CCCCN2C)cc1. The molecule has 1 aliphatic rings. The number of aryl methyl sites for hydroxylation is 1. The highest BCUT2D eigenvalue weighted by molar-refractivity contribution is 7.81. The van der Waals surface area contributed by atoms with Crippen LogP contribution in [-0.2, 0) is 0 Å². The lowest BCUT2D eigenvalue weighted by Gasteiger charge is -2.43. The molecular weight excluding hydrogens is 226 g/mol. The Bertz CT molecular complexity index is 409. The van der Waals surface area contributed by atoms with Crippen molar-refractivity contribution < 1.29 is 0 Å². The van der Waals surface area contributed by atoms with E-state index >= 15 is 0 Å². The van der Waals surface area contributed by atoms with Crippen LogP contribution in [0.25, 0.3) is 0 Å². The second-order valence-electron chi connectivity index (χ2n) is 5.35. The van der Waals surface area contributed by atoms with Gasteiger partial charge in [0.2, 0.25) is 0 Å². The summed E-state index contributed by atoms with van der Waals surface area (Å²) in [5.41, 5.74) is 2.56. The summed E-state index contributed by atoms with van der Waals surface area (Å²) in [7, 11) is 2.19. The minimum absolute atomic E-state index is 0.0584. The number of hydrogen-bond acceptors (Lipinski definition) is 2. The van der Waals surface area contributed by atoms with Crippen LogP contribution < -0.4 is 0 Å². The van der Waals surface area contributed by atoms with Gasteiger partial charge in [0.25, 0.3) is 0 Å². The number of rotatable bonds is 2. The molecule has 1 aromatic carbocycles. The molecule has 0 radical (unpaired) electrons. The molecule has 0 amide bonds. The highest BCUT2D eigenvalue weighted by Crippen LogP contribution is 2.30. The normalized spacial score (nSPS) is 25.8. The molecule has 1 unspecified atom stereocenters. The molecule has 2 heteroatoms. The summed E-state index contributed by atoms with van der Waals surface area (Å²) in [5, 5.41) is 0. The van der Waals surface area contributed by atoms with Crippen LogP contribution in [0.5, 0.6) is 0 Å². The van der Waals surface area contributed by atoms with E-state index in [1.165, 1.54) is 30.4 Å². The van der Waals surface area contributed by atoms with E-state index < -0.39 is 0 Å². The Morgan fingerprint density at radius 1 is 1.24 bits per heavy atom. The second kappa shape index (κ2) is 4.87. The van der Waals surface area contributed by atoms with Gasteiger partial charge in [0.15, 0.2) is 0 Å². The van der Waals surface area contributed by atoms with Gasteiger partial charge in [-0.25, -0.2) is 0 Å². The van der Waals surface area contributed by atoms with Crippen molar-refractivity contribution in [1.82, 2.24) is 4.90 Å². The Labute approximate surface area is 110 Å². The number of thiocarbonyl (C=S) groups is 1. The molecule has 2 rings (SSSR count). The van der Waals surface area contributed by atoms with E-state index in [4.69, 9.17) is 12.2 Å². The maximum Gasteiger partial charge on any atom is 0.0537 e. The largest absolute Gasteiger partial charge is 0.296 e. The molecule has 0 saturated carbocycles. The van der Waals surface area contributed by atoms with Crippen LogP contribution in [0.15, 0.2) is 24.3 Å². The van der Waals surface area contributed by atoms with Gasteiger partial charge < -0.3 is 0 Å². The van der Waals surface area contributed by atoms with Crippen molar-refractivity contribution in [2.45, 2.75) is 38.6 Å². The lowest BCUT2D eigenvalue weighted by molar-refractivity contribution is 0.154. The van der Waals surface area contributed by atoms with Crippen molar-refractivity contribution in [3.05, 3.63) is 35.4 Å². The molecule has 1 aliphatic heterocycles. The van der Waals surface area contributed by atoms with Gasteiger partial charge in [-0.15, -0.1) is 0 Å². The number of piperidine rings is 1. The molecule has 0 aromatic heterocycles.